The maximum atomic E-state index is 10.2. The van der Waals surface area contributed by atoms with Crippen molar-refractivity contribution in [3.63, 3.8) is 0 Å². The van der Waals surface area contributed by atoms with Gasteiger partial charge in [-0.25, -0.2) is 4.98 Å². The lowest BCUT2D eigenvalue weighted by molar-refractivity contribution is 0.185. The number of anilines is 1. The van der Waals surface area contributed by atoms with Gasteiger partial charge in [0.05, 0.1) is 17.0 Å². The molecule has 0 spiro atoms. The van der Waals surface area contributed by atoms with Crippen LogP contribution in [-0.2, 0) is 0 Å². The van der Waals surface area contributed by atoms with Crippen LogP contribution in [0.1, 0.15) is 73.8 Å². The smallest absolute Gasteiger partial charge is 0.147 e. The number of nitrogens with one attached hydrogen (secondary N) is 2. The van der Waals surface area contributed by atoms with E-state index < -0.39 is 0 Å². The Hall–Kier alpha value is -3.24. The Balaban J connectivity index is 1.72. The van der Waals surface area contributed by atoms with Gasteiger partial charge in [0.2, 0.25) is 0 Å². The van der Waals surface area contributed by atoms with Gasteiger partial charge in [-0.05, 0) is 62.2 Å². The molecule has 1 aromatic rings. The summed E-state index contributed by atoms with van der Waals surface area (Å²) in [7, 11) is 0. The van der Waals surface area contributed by atoms with Crippen molar-refractivity contribution in [3.05, 3.63) is 58.5 Å². The lowest BCUT2D eigenvalue weighted by atomic mass is 9.94. The molecule has 1 unspecified atom stereocenters. The molecule has 36 heavy (non-hydrogen) atoms. The number of nitrogens with zero attached hydrogens (tertiary/aromatic N) is 4. The summed E-state index contributed by atoms with van der Waals surface area (Å²) in [5.74, 6) is 1.70. The number of hydrogen-bond acceptors (Lipinski definition) is 7. The molecule has 3 aliphatic rings. The fraction of sp³-hybridized carbons (Fsp3) is 0.517. The average Bonchev–Trinajstić information content (AvgIpc) is 3.79. The summed E-state index contributed by atoms with van der Waals surface area (Å²) in [5.41, 5.74) is 5.07. The minimum absolute atomic E-state index is 0.154. The molecule has 3 fully saturated rings. The minimum atomic E-state index is 0.154. The van der Waals surface area contributed by atoms with Crippen LogP contribution in [0.2, 0.25) is 0 Å². The van der Waals surface area contributed by atoms with E-state index in [2.05, 4.69) is 35.4 Å². The van der Waals surface area contributed by atoms with Crippen molar-refractivity contribution in [2.45, 2.75) is 64.3 Å². The first-order chi connectivity index (χ1) is 17.5. The van der Waals surface area contributed by atoms with E-state index >= 15 is 0 Å². The van der Waals surface area contributed by atoms with Crippen LogP contribution in [0.3, 0.4) is 0 Å². The average molecular weight is 487 g/mol. The predicted octanol–water partition coefficient (Wildman–Crippen LogP) is 4.85. The predicted molar refractivity (Wildman–Crippen MR) is 145 cm³/mol. The third-order valence-corrected chi connectivity index (χ3v) is 7.58. The van der Waals surface area contributed by atoms with Crippen molar-refractivity contribution in [1.82, 2.24) is 9.88 Å². The first-order valence-electron chi connectivity index (χ1n) is 13.2. The highest BCUT2D eigenvalue weighted by molar-refractivity contribution is 6.11. The Labute approximate surface area is 214 Å². The molecule has 3 N–H and O–H groups in total. The van der Waals surface area contributed by atoms with Gasteiger partial charge in [0, 0.05) is 62.1 Å². The first-order valence-corrected chi connectivity index (χ1v) is 13.2. The number of pyridine rings is 1. The van der Waals surface area contributed by atoms with Crippen molar-refractivity contribution in [2.24, 2.45) is 5.92 Å². The highest BCUT2D eigenvalue weighted by Crippen LogP contribution is 2.44. The van der Waals surface area contributed by atoms with Crippen LogP contribution >= 0.6 is 0 Å². The largest absolute Gasteiger partial charge is 0.396 e. The van der Waals surface area contributed by atoms with Gasteiger partial charge in [-0.1, -0.05) is 25.7 Å². The van der Waals surface area contributed by atoms with Crippen LogP contribution in [0.15, 0.2) is 36.1 Å². The molecule has 1 saturated heterocycles. The number of piperazine rings is 1. The van der Waals surface area contributed by atoms with Crippen molar-refractivity contribution >= 4 is 17.7 Å². The molecule has 2 heterocycles. The van der Waals surface area contributed by atoms with Crippen molar-refractivity contribution in [3.8, 4) is 6.07 Å². The molecule has 2 saturated carbocycles. The zero-order chi connectivity index (χ0) is 25.8. The Morgan fingerprint density at radius 2 is 2.03 bits per heavy atom. The van der Waals surface area contributed by atoms with E-state index in [0.717, 1.165) is 61.5 Å². The highest BCUT2D eigenvalue weighted by Gasteiger charge is 2.41. The van der Waals surface area contributed by atoms with E-state index in [-0.39, 0.29) is 12.3 Å². The third-order valence-electron chi connectivity index (χ3n) is 7.58. The van der Waals surface area contributed by atoms with Crippen LogP contribution in [0, 0.1) is 35.0 Å². The van der Waals surface area contributed by atoms with E-state index in [9.17, 15) is 10.4 Å². The zero-order valence-electron chi connectivity index (χ0n) is 21.6. The van der Waals surface area contributed by atoms with Gasteiger partial charge in [0.1, 0.15) is 11.9 Å². The lowest BCUT2D eigenvalue weighted by Crippen LogP contribution is -2.54. The number of aromatic nitrogens is 1. The quantitative estimate of drug-likeness (QED) is 0.306. The van der Waals surface area contributed by atoms with Crippen molar-refractivity contribution < 1.29 is 5.11 Å². The van der Waals surface area contributed by atoms with Gasteiger partial charge >= 0.3 is 0 Å². The molecule has 1 atom stereocenters. The molecular weight excluding hydrogens is 448 g/mol. The van der Waals surface area contributed by atoms with E-state index in [1.54, 1.807) is 12.2 Å². The summed E-state index contributed by atoms with van der Waals surface area (Å²) >= 11 is 0. The fourth-order valence-electron chi connectivity index (χ4n) is 5.42. The van der Waals surface area contributed by atoms with Crippen LogP contribution in [0.4, 0.5) is 5.82 Å². The van der Waals surface area contributed by atoms with Gasteiger partial charge in [-0.3, -0.25) is 0 Å². The molecule has 4 rings (SSSR count). The molecule has 1 aromatic heterocycles. The number of aliphatic hydroxyl groups is 1. The molecule has 0 aromatic carbocycles. The van der Waals surface area contributed by atoms with E-state index in [0.29, 0.717) is 35.4 Å². The van der Waals surface area contributed by atoms with Crippen molar-refractivity contribution in [1.29, 1.82) is 16.1 Å². The Morgan fingerprint density at radius 3 is 2.58 bits per heavy atom. The molecule has 1 aliphatic heterocycles. The van der Waals surface area contributed by atoms with Crippen LogP contribution in [0.25, 0.3) is 0 Å². The van der Waals surface area contributed by atoms with Crippen molar-refractivity contribution in [2.75, 3.05) is 31.1 Å². The molecule has 7 heteroatoms. The topological polar surface area (TPSA) is 111 Å². The normalized spacial score (nSPS) is 20.8. The summed E-state index contributed by atoms with van der Waals surface area (Å²) in [6, 6.07) is 2.77. The zero-order valence-corrected chi connectivity index (χ0v) is 21.6. The second-order valence-electron chi connectivity index (χ2n) is 10.1. The van der Waals surface area contributed by atoms with Gasteiger partial charge in [0.25, 0.3) is 0 Å². The number of aliphatic hydroxyl groups excluding tert-OH is 1. The molecule has 2 aliphatic carbocycles. The van der Waals surface area contributed by atoms with Gasteiger partial charge in [-0.15, -0.1) is 0 Å². The molecule has 0 radical (unpaired) electrons. The minimum Gasteiger partial charge on any atom is -0.396 e. The monoisotopic (exact) mass is 486 g/mol. The maximum Gasteiger partial charge on any atom is 0.147 e. The second-order valence-corrected chi connectivity index (χ2v) is 10.1. The third kappa shape index (κ3) is 5.29. The number of hydrogen-bond donors (Lipinski definition) is 3. The summed E-state index contributed by atoms with van der Waals surface area (Å²) in [6.07, 6.45) is 12.8. The number of nitriles is 1. The van der Waals surface area contributed by atoms with E-state index in [1.165, 1.54) is 24.8 Å². The van der Waals surface area contributed by atoms with Gasteiger partial charge in [0.15, 0.2) is 0 Å². The summed E-state index contributed by atoms with van der Waals surface area (Å²) in [5, 5.41) is 36.2. The van der Waals surface area contributed by atoms with E-state index in [1.807, 2.05) is 6.92 Å². The van der Waals surface area contributed by atoms with Crippen LogP contribution < -0.4 is 4.90 Å². The Bertz CT molecular complexity index is 1130. The maximum absolute atomic E-state index is 10.2. The Morgan fingerprint density at radius 1 is 1.28 bits per heavy atom. The molecule has 190 valence electrons. The van der Waals surface area contributed by atoms with E-state index in [4.69, 9.17) is 15.8 Å². The highest BCUT2D eigenvalue weighted by atomic mass is 16.3. The SMILES string of the molecule is C=C/C(C=N)=C/C(=N)c1c(C2CC2)nc(N2CCN(/C(=C\CC)CCO)C(C3CC3)C2)c(C#N)c1C. The van der Waals surface area contributed by atoms with Gasteiger partial charge < -0.3 is 25.7 Å². The fourth-order valence-corrected chi connectivity index (χ4v) is 5.42. The van der Waals surface area contributed by atoms with Gasteiger partial charge in [-0.2, -0.15) is 5.26 Å². The molecule has 0 bridgehead atoms. The molecule has 0 amide bonds. The summed E-state index contributed by atoms with van der Waals surface area (Å²) in [6.45, 7) is 10.4. The first kappa shape index (κ1) is 25.8. The van der Waals surface area contributed by atoms with Crippen LogP contribution in [-0.4, -0.2) is 59.2 Å². The second kappa shape index (κ2) is 11.2. The summed E-state index contributed by atoms with van der Waals surface area (Å²) < 4.78 is 0. The number of rotatable bonds is 11. The lowest BCUT2D eigenvalue weighted by Gasteiger charge is -2.45. The molecular formula is C29H38N6O. The number of allylic oxidation sites excluding steroid dienone is 4. The van der Waals surface area contributed by atoms with Crippen LogP contribution in [0.5, 0.6) is 0 Å². The standard InChI is InChI=1S/C29H38N6O/c1-4-6-23(11-14-36)35-13-12-34(18-26(35)21-7-8-21)29-24(17-31)19(3)27(28(33-29)22-9-10-22)25(32)15-20(5-2)16-30/h5-6,15-16,21-22,26,30,32,36H,2,4,7-14,18H2,1,3H3/b20-15-,23-6-,30-16?,32-25?. The summed E-state index contributed by atoms with van der Waals surface area (Å²) in [4.78, 5) is 9.89. The Kier molecular flexibility index (Phi) is 8.05. The molecule has 7 nitrogen and oxygen atoms in total.